The van der Waals surface area contributed by atoms with Crippen LogP contribution in [0.15, 0.2) is 30.4 Å². The Balaban J connectivity index is 2.39. The van der Waals surface area contributed by atoms with Crippen LogP contribution in [-0.4, -0.2) is 13.7 Å². The maximum absolute atomic E-state index is 13.7. The van der Waals surface area contributed by atoms with Gasteiger partial charge in [-0.25, -0.2) is 4.39 Å². The van der Waals surface area contributed by atoms with E-state index in [4.69, 9.17) is 4.74 Å². The van der Waals surface area contributed by atoms with Gasteiger partial charge in [0.1, 0.15) is 0 Å². The number of ether oxygens (including phenoxy) is 1. The second-order valence-electron chi connectivity index (χ2n) is 3.74. The highest BCUT2D eigenvalue weighted by Crippen LogP contribution is 2.23. The summed E-state index contributed by atoms with van der Waals surface area (Å²) in [4.78, 5) is 0. The van der Waals surface area contributed by atoms with Gasteiger partial charge in [0.05, 0.1) is 12.3 Å². The molecule has 0 aliphatic heterocycles. The highest BCUT2D eigenvalue weighted by atomic mass is 19.1. The van der Waals surface area contributed by atoms with Crippen molar-refractivity contribution in [3.8, 4) is 5.75 Å². The van der Waals surface area contributed by atoms with Crippen LogP contribution >= 0.6 is 0 Å². The van der Waals surface area contributed by atoms with Gasteiger partial charge >= 0.3 is 0 Å². The molecule has 0 saturated carbocycles. The lowest BCUT2D eigenvalue weighted by molar-refractivity contribution is 0.297. The topological polar surface area (TPSA) is 21.3 Å². The number of allylic oxidation sites excluding steroid dienone is 2. The number of unbranched alkanes of at least 4 members (excludes halogenated alkanes) is 1. The van der Waals surface area contributed by atoms with Gasteiger partial charge in [-0.05, 0) is 31.4 Å². The zero-order chi connectivity index (χ0) is 12.5. The van der Waals surface area contributed by atoms with E-state index in [1.807, 2.05) is 0 Å². The third-order valence-corrected chi connectivity index (χ3v) is 2.41. The van der Waals surface area contributed by atoms with Crippen molar-refractivity contribution in [2.24, 2.45) is 0 Å². The molecule has 0 spiro atoms. The fourth-order valence-electron chi connectivity index (χ4n) is 1.48. The monoisotopic (exact) mass is 237 g/mol. The van der Waals surface area contributed by atoms with E-state index < -0.39 is 0 Å². The van der Waals surface area contributed by atoms with Crippen molar-refractivity contribution in [2.75, 3.05) is 19.0 Å². The molecule has 0 fully saturated rings. The third kappa shape index (κ3) is 4.47. The van der Waals surface area contributed by atoms with Crippen molar-refractivity contribution in [3.63, 3.8) is 0 Å². The summed E-state index contributed by atoms with van der Waals surface area (Å²) in [6, 6.07) is 5.12. The molecule has 0 unspecified atom stereocenters. The van der Waals surface area contributed by atoms with Crippen LogP contribution in [-0.2, 0) is 0 Å². The summed E-state index contributed by atoms with van der Waals surface area (Å²) in [6.45, 7) is 2.64. The molecule has 0 radical (unpaired) electrons. The SMILES string of the molecule is CC/C=C/CCCOc1cccc(NC)c1F. The van der Waals surface area contributed by atoms with E-state index in [2.05, 4.69) is 24.4 Å². The summed E-state index contributed by atoms with van der Waals surface area (Å²) in [7, 11) is 1.69. The minimum absolute atomic E-state index is 0.316. The number of hydrogen-bond donors (Lipinski definition) is 1. The van der Waals surface area contributed by atoms with Crippen molar-refractivity contribution in [3.05, 3.63) is 36.2 Å². The summed E-state index contributed by atoms with van der Waals surface area (Å²) in [5, 5.41) is 2.79. The minimum atomic E-state index is -0.320. The van der Waals surface area contributed by atoms with Crippen molar-refractivity contribution in [1.82, 2.24) is 0 Å². The van der Waals surface area contributed by atoms with Gasteiger partial charge < -0.3 is 10.1 Å². The third-order valence-electron chi connectivity index (χ3n) is 2.41. The maximum atomic E-state index is 13.7. The normalized spacial score (nSPS) is 10.8. The molecular weight excluding hydrogens is 217 g/mol. The lowest BCUT2D eigenvalue weighted by atomic mass is 10.2. The Morgan fingerprint density at radius 2 is 2.18 bits per heavy atom. The van der Waals surface area contributed by atoms with Crippen LogP contribution in [0.5, 0.6) is 5.75 Å². The number of nitrogens with one attached hydrogen (secondary N) is 1. The number of halogens is 1. The molecule has 0 aliphatic carbocycles. The Kier molecular flexibility index (Phi) is 6.15. The molecule has 1 aromatic carbocycles. The van der Waals surface area contributed by atoms with Gasteiger partial charge in [0.25, 0.3) is 0 Å². The lowest BCUT2D eigenvalue weighted by Crippen LogP contribution is -2.01. The first kappa shape index (κ1) is 13.6. The van der Waals surface area contributed by atoms with E-state index in [0.717, 1.165) is 19.3 Å². The van der Waals surface area contributed by atoms with E-state index in [0.29, 0.717) is 18.0 Å². The van der Waals surface area contributed by atoms with E-state index >= 15 is 0 Å². The van der Waals surface area contributed by atoms with Crippen LogP contribution in [0.25, 0.3) is 0 Å². The summed E-state index contributed by atoms with van der Waals surface area (Å²) in [6.07, 6.45) is 7.19. The van der Waals surface area contributed by atoms with Crippen molar-refractivity contribution < 1.29 is 9.13 Å². The predicted octanol–water partition coefficient (Wildman–Crippen LogP) is 3.99. The van der Waals surface area contributed by atoms with Crippen molar-refractivity contribution in [1.29, 1.82) is 0 Å². The van der Waals surface area contributed by atoms with Crippen molar-refractivity contribution in [2.45, 2.75) is 26.2 Å². The molecule has 0 atom stereocenters. The van der Waals surface area contributed by atoms with Gasteiger partial charge in [0.15, 0.2) is 11.6 Å². The Morgan fingerprint density at radius 1 is 1.35 bits per heavy atom. The van der Waals surface area contributed by atoms with Gasteiger partial charge in [-0.15, -0.1) is 0 Å². The van der Waals surface area contributed by atoms with Crippen LogP contribution in [0, 0.1) is 5.82 Å². The molecule has 0 aliphatic rings. The first-order valence-corrected chi connectivity index (χ1v) is 6.03. The number of benzene rings is 1. The molecule has 1 N–H and O–H groups in total. The van der Waals surface area contributed by atoms with Gasteiger partial charge in [-0.1, -0.05) is 25.1 Å². The minimum Gasteiger partial charge on any atom is -0.490 e. The standard InChI is InChI=1S/C14H20FNO/c1-3-4-5-6-7-11-17-13-10-8-9-12(16-2)14(13)15/h4-5,8-10,16H,3,6-7,11H2,1-2H3/b5-4+. The maximum Gasteiger partial charge on any atom is 0.188 e. The zero-order valence-corrected chi connectivity index (χ0v) is 10.5. The predicted molar refractivity (Wildman–Crippen MR) is 70.1 cm³/mol. The summed E-state index contributed by atoms with van der Waals surface area (Å²) in [5.41, 5.74) is 0.466. The van der Waals surface area contributed by atoms with Crippen LogP contribution in [0.3, 0.4) is 0 Å². The second kappa shape index (κ2) is 7.71. The summed E-state index contributed by atoms with van der Waals surface area (Å²) in [5.74, 6) is -0.00424. The van der Waals surface area contributed by atoms with E-state index in [-0.39, 0.29) is 5.82 Å². The summed E-state index contributed by atoms with van der Waals surface area (Å²) >= 11 is 0. The smallest absolute Gasteiger partial charge is 0.188 e. The van der Waals surface area contributed by atoms with Gasteiger partial charge in [0.2, 0.25) is 0 Å². The number of hydrogen-bond acceptors (Lipinski definition) is 2. The molecule has 0 amide bonds. The molecule has 1 aromatic rings. The molecule has 0 heterocycles. The van der Waals surface area contributed by atoms with E-state index in [1.165, 1.54) is 0 Å². The van der Waals surface area contributed by atoms with Crippen LogP contribution < -0.4 is 10.1 Å². The molecule has 17 heavy (non-hydrogen) atoms. The number of anilines is 1. The summed E-state index contributed by atoms with van der Waals surface area (Å²) < 4.78 is 19.1. The van der Waals surface area contributed by atoms with Crippen LogP contribution in [0.2, 0.25) is 0 Å². The fourth-order valence-corrected chi connectivity index (χ4v) is 1.48. The molecule has 1 rings (SSSR count). The Morgan fingerprint density at radius 3 is 2.88 bits per heavy atom. The quantitative estimate of drug-likeness (QED) is 0.572. The van der Waals surface area contributed by atoms with Gasteiger partial charge in [-0.3, -0.25) is 0 Å². The first-order valence-electron chi connectivity index (χ1n) is 6.03. The Hall–Kier alpha value is -1.51. The fraction of sp³-hybridized carbons (Fsp3) is 0.429. The Bertz CT molecular complexity index is 363. The van der Waals surface area contributed by atoms with Gasteiger partial charge in [0, 0.05) is 7.05 Å². The average molecular weight is 237 g/mol. The molecule has 0 aromatic heterocycles. The van der Waals surface area contributed by atoms with Gasteiger partial charge in [-0.2, -0.15) is 0 Å². The molecule has 0 saturated heterocycles. The van der Waals surface area contributed by atoms with Crippen LogP contribution in [0.4, 0.5) is 10.1 Å². The highest BCUT2D eigenvalue weighted by molar-refractivity contribution is 5.49. The van der Waals surface area contributed by atoms with E-state index in [1.54, 1.807) is 25.2 Å². The van der Waals surface area contributed by atoms with Crippen LogP contribution in [0.1, 0.15) is 26.2 Å². The lowest BCUT2D eigenvalue weighted by Gasteiger charge is -2.09. The first-order chi connectivity index (χ1) is 8.29. The average Bonchev–Trinajstić information content (AvgIpc) is 2.35. The van der Waals surface area contributed by atoms with Crippen molar-refractivity contribution >= 4 is 5.69 Å². The molecule has 3 heteroatoms. The zero-order valence-electron chi connectivity index (χ0n) is 10.5. The van der Waals surface area contributed by atoms with E-state index in [9.17, 15) is 4.39 Å². The largest absolute Gasteiger partial charge is 0.490 e. The molecular formula is C14H20FNO. The molecule has 94 valence electrons. The second-order valence-corrected chi connectivity index (χ2v) is 3.74. The molecule has 0 bridgehead atoms. The number of rotatable bonds is 7. The Labute approximate surface area is 102 Å². The molecule has 2 nitrogen and oxygen atoms in total. The highest BCUT2D eigenvalue weighted by Gasteiger charge is 2.06.